The van der Waals surface area contributed by atoms with Crippen LogP contribution in [0.1, 0.15) is 176 Å². The van der Waals surface area contributed by atoms with E-state index in [9.17, 15) is 10.2 Å². The Labute approximate surface area is 237 Å². The van der Waals surface area contributed by atoms with E-state index in [-0.39, 0.29) is 16.2 Å². The van der Waals surface area contributed by atoms with Crippen LogP contribution in [0.15, 0.2) is 24.3 Å². The SMILES string of the molecule is CC1(C)CC2(CC(C)(C)c3cc(C4CCCCCCC4)c(O)cc32)c2cc(O)c(C3CCCCCCC3)cc21. The minimum Gasteiger partial charge on any atom is -0.508 e. The lowest BCUT2D eigenvalue weighted by molar-refractivity contribution is 0.348. The molecule has 212 valence electrons. The zero-order chi connectivity index (χ0) is 27.4. The fourth-order valence-electron chi connectivity index (χ4n) is 9.60. The molecule has 6 rings (SSSR count). The first-order chi connectivity index (χ1) is 18.6. The molecule has 2 aromatic carbocycles. The molecule has 0 unspecified atom stereocenters. The van der Waals surface area contributed by atoms with E-state index in [2.05, 4.69) is 52.0 Å². The molecule has 0 aliphatic heterocycles. The highest BCUT2D eigenvalue weighted by Crippen LogP contribution is 2.64. The third-order valence-electron chi connectivity index (χ3n) is 11.4. The second-order valence-electron chi connectivity index (χ2n) is 15.2. The number of aromatic hydroxyl groups is 2. The molecule has 0 heterocycles. The molecule has 2 aromatic rings. The van der Waals surface area contributed by atoms with E-state index in [4.69, 9.17) is 0 Å². The van der Waals surface area contributed by atoms with Crippen LogP contribution in [0.5, 0.6) is 11.5 Å². The molecule has 1 spiro atoms. The monoisotopic (exact) mass is 528 g/mol. The molecule has 0 radical (unpaired) electrons. The van der Waals surface area contributed by atoms with Crippen LogP contribution in [0.25, 0.3) is 0 Å². The fraction of sp³-hybridized carbons (Fsp3) is 0.676. The quantitative estimate of drug-likeness (QED) is 0.407. The van der Waals surface area contributed by atoms with E-state index < -0.39 is 0 Å². The van der Waals surface area contributed by atoms with Gasteiger partial charge in [0.05, 0.1) is 0 Å². The zero-order valence-corrected chi connectivity index (χ0v) is 25.2. The van der Waals surface area contributed by atoms with Crippen molar-refractivity contribution in [3.63, 3.8) is 0 Å². The number of hydrogen-bond acceptors (Lipinski definition) is 2. The Hall–Kier alpha value is -1.96. The third-order valence-corrected chi connectivity index (χ3v) is 11.4. The summed E-state index contributed by atoms with van der Waals surface area (Å²) in [5.41, 5.74) is 7.83. The average molecular weight is 529 g/mol. The van der Waals surface area contributed by atoms with Gasteiger partial charge in [-0.2, -0.15) is 0 Å². The van der Waals surface area contributed by atoms with Crippen molar-refractivity contribution in [2.45, 2.75) is 159 Å². The molecule has 2 nitrogen and oxygen atoms in total. The highest BCUT2D eigenvalue weighted by Gasteiger charge is 2.57. The van der Waals surface area contributed by atoms with Crippen molar-refractivity contribution in [2.75, 3.05) is 0 Å². The number of phenolic OH excluding ortho intramolecular Hbond substituents is 2. The number of phenols is 2. The van der Waals surface area contributed by atoms with Crippen molar-refractivity contribution in [3.05, 3.63) is 57.6 Å². The Morgan fingerprint density at radius 2 is 0.821 bits per heavy atom. The first-order valence-corrected chi connectivity index (χ1v) is 16.4. The van der Waals surface area contributed by atoms with Crippen molar-refractivity contribution in [1.82, 2.24) is 0 Å². The lowest BCUT2D eigenvalue weighted by atomic mass is 9.72. The molecule has 0 aromatic heterocycles. The molecule has 2 heteroatoms. The summed E-state index contributed by atoms with van der Waals surface area (Å²) in [5, 5.41) is 23.1. The van der Waals surface area contributed by atoms with Gasteiger partial charge in [-0.25, -0.2) is 0 Å². The standard InChI is InChI=1S/C37H52O2/c1-35(2)23-37(31-21-33(38)27(19-29(31)35)25-15-11-7-5-8-12-16-25)24-36(3,4)30-20-28(34(39)22-32(30)37)26-17-13-9-6-10-14-18-26/h19-22,25-26,38-39H,5-18,23-24H2,1-4H3. The number of hydrogen-bond donors (Lipinski definition) is 2. The van der Waals surface area contributed by atoms with Gasteiger partial charge < -0.3 is 10.2 Å². The normalized spacial score (nSPS) is 24.9. The van der Waals surface area contributed by atoms with Crippen LogP contribution < -0.4 is 0 Å². The maximum atomic E-state index is 11.6. The first kappa shape index (κ1) is 27.2. The summed E-state index contributed by atoms with van der Waals surface area (Å²) in [7, 11) is 0. The van der Waals surface area contributed by atoms with Gasteiger partial charge in [0.1, 0.15) is 11.5 Å². The van der Waals surface area contributed by atoms with E-state index in [1.54, 1.807) is 0 Å². The van der Waals surface area contributed by atoms with Crippen LogP contribution in [-0.2, 0) is 16.2 Å². The van der Waals surface area contributed by atoms with E-state index in [1.807, 2.05) is 0 Å². The van der Waals surface area contributed by atoms with Crippen LogP contribution in [-0.4, -0.2) is 10.2 Å². The molecule has 0 atom stereocenters. The van der Waals surface area contributed by atoms with Crippen LogP contribution in [0.4, 0.5) is 0 Å². The molecular weight excluding hydrogens is 476 g/mol. The van der Waals surface area contributed by atoms with Gasteiger partial charge in [0.2, 0.25) is 0 Å². The van der Waals surface area contributed by atoms with Crippen molar-refractivity contribution >= 4 is 0 Å². The fourth-order valence-corrected chi connectivity index (χ4v) is 9.60. The predicted octanol–water partition coefficient (Wildman–Crippen LogP) is 10.4. The van der Waals surface area contributed by atoms with Crippen LogP contribution in [0, 0.1) is 0 Å². The summed E-state index contributed by atoms with van der Waals surface area (Å²) >= 11 is 0. The second kappa shape index (κ2) is 10.1. The summed E-state index contributed by atoms with van der Waals surface area (Å²) in [6.07, 6.45) is 20.0. The molecule has 39 heavy (non-hydrogen) atoms. The summed E-state index contributed by atoms with van der Waals surface area (Å²) in [4.78, 5) is 0. The average Bonchev–Trinajstić information content (AvgIpc) is 3.17. The molecule has 0 amide bonds. The largest absolute Gasteiger partial charge is 0.508 e. The summed E-state index contributed by atoms with van der Waals surface area (Å²) in [6.45, 7) is 9.64. The number of benzene rings is 2. The molecule has 2 fully saturated rings. The molecule has 2 N–H and O–H groups in total. The van der Waals surface area contributed by atoms with E-state index in [0.29, 0.717) is 23.3 Å². The number of fused-ring (bicyclic) bond motifs is 4. The summed E-state index contributed by atoms with van der Waals surface area (Å²) in [6, 6.07) is 9.17. The van der Waals surface area contributed by atoms with Gasteiger partial charge in [0, 0.05) is 5.41 Å². The third kappa shape index (κ3) is 4.72. The van der Waals surface area contributed by atoms with Crippen molar-refractivity contribution < 1.29 is 10.2 Å². The molecule has 4 aliphatic rings. The summed E-state index contributed by atoms with van der Waals surface area (Å²) < 4.78 is 0. The second-order valence-corrected chi connectivity index (χ2v) is 15.2. The van der Waals surface area contributed by atoms with Gasteiger partial charge in [-0.05, 0) is 107 Å². The van der Waals surface area contributed by atoms with Gasteiger partial charge >= 0.3 is 0 Å². The van der Waals surface area contributed by atoms with Gasteiger partial charge in [-0.3, -0.25) is 0 Å². The van der Waals surface area contributed by atoms with E-state index >= 15 is 0 Å². The predicted molar refractivity (Wildman–Crippen MR) is 162 cm³/mol. The van der Waals surface area contributed by atoms with Crippen molar-refractivity contribution in [3.8, 4) is 11.5 Å². The van der Waals surface area contributed by atoms with E-state index in [1.165, 1.54) is 123 Å². The Morgan fingerprint density at radius 1 is 0.487 bits per heavy atom. The lowest BCUT2D eigenvalue weighted by Gasteiger charge is -2.31. The highest BCUT2D eigenvalue weighted by molar-refractivity contribution is 5.64. The van der Waals surface area contributed by atoms with Gasteiger partial charge in [-0.15, -0.1) is 0 Å². The van der Waals surface area contributed by atoms with Crippen LogP contribution >= 0.6 is 0 Å². The lowest BCUT2D eigenvalue weighted by Crippen LogP contribution is -2.26. The highest BCUT2D eigenvalue weighted by atomic mass is 16.3. The molecule has 0 saturated heterocycles. The Morgan fingerprint density at radius 3 is 1.18 bits per heavy atom. The minimum atomic E-state index is -0.147. The topological polar surface area (TPSA) is 40.5 Å². The molecule has 0 bridgehead atoms. The van der Waals surface area contributed by atoms with Crippen LogP contribution in [0.3, 0.4) is 0 Å². The molecule has 2 saturated carbocycles. The minimum absolute atomic E-state index is 0.0327. The van der Waals surface area contributed by atoms with Crippen molar-refractivity contribution in [2.24, 2.45) is 0 Å². The Kier molecular flexibility index (Phi) is 7.08. The Balaban J connectivity index is 1.44. The van der Waals surface area contributed by atoms with Gasteiger partial charge in [0.25, 0.3) is 0 Å². The number of rotatable bonds is 2. The smallest absolute Gasteiger partial charge is 0.119 e. The van der Waals surface area contributed by atoms with Gasteiger partial charge in [0.15, 0.2) is 0 Å². The van der Waals surface area contributed by atoms with E-state index in [0.717, 1.165) is 12.8 Å². The molecule has 4 aliphatic carbocycles. The van der Waals surface area contributed by atoms with Crippen LogP contribution in [0.2, 0.25) is 0 Å². The van der Waals surface area contributed by atoms with Gasteiger partial charge in [-0.1, -0.05) is 104 Å². The van der Waals surface area contributed by atoms with Crippen molar-refractivity contribution in [1.29, 1.82) is 0 Å². The molecular formula is C37H52O2. The zero-order valence-electron chi connectivity index (χ0n) is 25.2. The summed E-state index contributed by atoms with van der Waals surface area (Å²) in [5.74, 6) is 1.98. The maximum absolute atomic E-state index is 11.6. The Bertz CT molecular complexity index is 1110. The first-order valence-electron chi connectivity index (χ1n) is 16.4. The maximum Gasteiger partial charge on any atom is 0.119 e.